The molecule has 0 spiro atoms. The van der Waals surface area contributed by atoms with Crippen LogP contribution in [0.5, 0.6) is 0 Å². The van der Waals surface area contributed by atoms with Crippen LogP contribution in [0.2, 0.25) is 0 Å². The summed E-state index contributed by atoms with van der Waals surface area (Å²) >= 11 is 0. The van der Waals surface area contributed by atoms with Crippen molar-refractivity contribution in [3.8, 4) is 0 Å². The molecule has 27 heavy (non-hydrogen) atoms. The standard InChI is InChI=1S/C25H24NP/c1-5-13-22(14-6-1)21-26-27(23-15-7-2-8-16-23,24-17-9-3-10-18-24)25-19-11-4-12-20-25/h1-20,26-27H,21H2. The van der Waals surface area contributed by atoms with E-state index in [9.17, 15) is 0 Å². The van der Waals surface area contributed by atoms with Gasteiger partial charge in [0.1, 0.15) is 0 Å². The number of hydrogen-bond donors (Lipinski definition) is 1. The van der Waals surface area contributed by atoms with Gasteiger partial charge in [-0.2, -0.15) is 0 Å². The molecule has 0 aliphatic carbocycles. The fourth-order valence-electron chi connectivity index (χ4n) is 3.70. The molecule has 0 aliphatic heterocycles. The van der Waals surface area contributed by atoms with Crippen LogP contribution in [0.3, 0.4) is 0 Å². The van der Waals surface area contributed by atoms with Gasteiger partial charge in [0, 0.05) is 0 Å². The van der Waals surface area contributed by atoms with Crippen molar-refractivity contribution in [3.05, 3.63) is 127 Å². The second-order valence-electron chi connectivity index (χ2n) is 6.69. The zero-order valence-corrected chi connectivity index (χ0v) is 16.3. The van der Waals surface area contributed by atoms with Gasteiger partial charge in [-0.3, -0.25) is 0 Å². The van der Waals surface area contributed by atoms with E-state index in [0.717, 1.165) is 6.54 Å². The number of rotatable bonds is 6. The average Bonchev–Trinajstić information content (AvgIpc) is 2.77. The van der Waals surface area contributed by atoms with Gasteiger partial charge in [-0.15, -0.1) is 0 Å². The van der Waals surface area contributed by atoms with E-state index in [1.807, 2.05) is 0 Å². The van der Waals surface area contributed by atoms with Crippen molar-refractivity contribution in [3.63, 3.8) is 0 Å². The predicted octanol–water partition coefficient (Wildman–Crippen LogP) is 4.42. The molecular formula is C25H24NP. The summed E-state index contributed by atoms with van der Waals surface area (Å²) in [4.78, 5) is 0. The SMILES string of the molecule is c1ccc(CN[PH](c2ccccc2)(c2ccccc2)c2ccccc2)cc1. The fraction of sp³-hybridized carbons (Fsp3) is 0.0400. The predicted molar refractivity (Wildman–Crippen MR) is 120 cm³/mol. The van der Waals surface area contributed by atoms with Crippen LogP contribution in [-0.2, 0) is 6.54 Å². The van der Waals surface area contributed by atoms with E-state index in [1.54, 1.807) is 0 Å². The summed E-state index contributed by atoms with van der Waals surface area (Å²) in [6.45, 7) is 0.839. The number of benzene rings is 4. The van der Waals surface area contributed by atoms with E-state index >= 15 is 0 Å². The van der Waals surface area contributed by atoms with Crippen molar-refractivity contribution >= 4 is 23.3 Å². The van der Waals surface area contributed by atoms with Gasteiger partial charge in [0.2, 0.25) is 0 Å². The summed E-state index contributed by atoms with van der Waals surface area (Å²) in [5, 5.41) is 8.16. The summed E-state index contributed by atoms with van der Waals surface area (Å²) in [5.41, 5.74) is 1.30. The molecule has 134 valence electrons. The Morgan fingerprint density at radius 3 is 1.15 bits per heavy atom. The Hall–Kier alpha value is -2.73. The second kappa shape index (κ2) is 8.31. The van der Waals surface area contributed by atoms with Crippen LogP contribution in [-0.4, -0.2) is 0 Å². The first-order valence-corrected chi connectivity index (χ1v) is 11.3. The topological polar surface area (TPSA) is 12.0 Å². The van der Waals surface area contributed by atoms with E-state index in [0.29, 0.717) is 0 Å². The molecule has 0 saturated heterocycles. The summed E-state index contributed by atoms with van der Waals surface area (Å²) in [6, 6.07) is 43.4. The van der Waals surface area contributed by atoms with Gasteiger partial charge in [0.15, 0.2) is 0 Å². The van der Waals surface area contributed by atoms with Gasteiger partial charge in [-0.1, -0.05) is 0 Å². The Kier molecular flexibility index (Phi) is 5.44. The molecule has 1 N–H and O–H groups in total. The molecule has 0 atom stereocenters. The molecule has 0 aliphatic rings. The van der Waals surface area contributed by atoms with Crippen LogP contribution >= 0.6 is 7.41 Å². The molecule has 0 unspecified atom stereocenters. The van der Waals surface area contributed by atoms with E-state index in [4.69, 9.17) is 0 Å². The third kappa shape index (κ3) is 3.71. The molecule has 0 bridgehead atoms. The molecule has 0 radical (unpaired) electrons. The Morgan fingerprint density at radius 1 is 0.444 bits per heavy atom. The molecule has 0 aromatic heterocycles. The van der Waals surface area contributed by atoms with E-state index < -0.39 is 7.41 Å². The Balaban J connectivity index is 1.89. The van der Waals surface area contributed by atoms with E-state index in [-0.39, 0.29) is 0 Å². The normalized spacial score (nSPS) is 11.9. The zero-order valence-electron chi connectivity index (χ0n) is 15.3. The van der Waals surface area contributed by atoms with Crippen LogP contribution in [0.1, 0.15) is 5.56 Å². The van der Waals surface area contributed by atoms with Crippen LogP contribution in [0.25, 0.3) is 0 Å². The number of nitrogens with one attached hydrogen (secondary N) is 1. The minimum atomic E-state index is -2.36. The van der Waals surface area contributed by atoms with Gasteiger partial charge >= 0.3 is 162 Å². The third-order valence-corrected chi connectivity index (χ3v) is 9.33. The maximum absolute atomic E-state index is 4.04. The van der Waals surface area contributed by atoms with Crippen LogP contribution in [0.15, 0.2) is 121 Å². The van der Waals surface area contributed by atoms with Gasteiger partial charge < -0.3 is 0 Å². The summed E-state index contributed by atoms with van der Waals surface area (Å²) in [7, 11) is -2.36. The third-order valence-electron chi connectivity index (χ3n) is 5.02. The molecule has 4 aromatic carbocycles. The monoisotopic (exact) mass is 369 g/mol. The molecule has 0 heterocycles. The van der Waals surface area contributed by atoms with Crippen molar-refractivity contribution in [2.45, 2.75) is 6.54 Å². The maximum atomic E-state index is 4.04. The zero-order chi connectivity index (χ0) is 18.4. The molecule has 1 nitrogen and oxygen atoms in total. The molecule has 4 aromatic rings. The second-order valence-corrected chi connectivity index (χ2v) is 10.3. The molecule has 2 heteroatoms. The van der Waals surface area contributed by atoms with Gasteiger partial charge in [0.25, 0.3) is 0 Å². The van der Waals surface area contributed by atoms with Gasteiger partial charge in [0.05, 0.1) is 0 Å². The van der Waals surface area contributed by atoms with Crippen LogP contribution in [0, 0.1) is 0 Å². The van der Waals surface area contributed by atoms with Crippen LogP contribution in [0.4, 0.5) is 0 Å². The Morgan fingerprint density at radius 2 is 0.778 bits per heavy atom. The van der Waals surface area contributed by atoms with Gasteiger partial charge in [-0.25, -0.2) is 0 Å². The quantitative estimate of drug-likeness (QED) is 0.496. The molecule has 0 fully saturated rings. The summed E-state index contributed by atoms with van der Waals surface area (Å²) in [5.74, 6) is 0. The molecule has 4 rings (SSSR count). The molecule has 0 saturated carbocycles. The molecular weight excluding hydrogens is 345 g/mol. The van der Waals surface area contributed by atoms with Crippen molar-refractivity contribution in [1.82, 2.24) is 5.09 Å². The first kappa shape index (κ1) is 17.7. The molecule has 0 amide bonds. The van der Waals surface area contributed by atoms with Crippen LogP contribution < -0.4 is 21.0 Å². The van der Waals surface area contributed by atoms with Crippen molar-refractivity contribution in [2.75, 3.05) is 0 Å². The summed E-state index contributed by atoms with van der Waals surface area (Å²) < 4.78 is 0. The average molecular weight is 369 g/mol. The van der Waals surface area contributed by atoms with Crippen molar-refractivity contribution < 1.29 is 0 Å². The Labute approximate surface area is 162 Å². The van der Waals surface area contributed by atoms with Crippen molar-refractivity contribution in [2.24, 2.45) is 0 Å². The minimum absolute atomic E-state index is 0.839. The van der Waals surface area contributed by atoms with Gasteiger partial charge in [-0.05, 0) is 0 Å². The van der Waals surface area contributed by atoms with E-state index in [1.165, 1.54) is 21.5 Å². The first-order chi connectivity index (χ1) is 13.4. The van der Waals surface area contributed by atoms with Crippen molar-refractivity contribution in [1.29, 1.82) is 0 Å². The first-order valence-electron chi connectivity index (χ1n) is 9.35. The number of hydrogen-bond acceptors (Lipinski definition) is 1. The van der Waals surface area contributed by atoms with E-state index in [2.05, 4.69) is 126 Å². The Bertz CT molecular complexity index is 857. The fourth-order valence-corrected chi connectivity index (χ4v) is 7.86. The summed E-state index contributed by atoms with van der Waals surface area (Å²) in [6.07, 6.45) is 0.